The molecule has 1 aliphatic heterocycles. The van der Waals surface area contributed by atoms with Gasteiger partial charge in [-0.15, -0.1) is 0 Å². The van der Waals surface area contributed by atoms with Crippen molar-refractivity contribution in [2.45, 2.75) is 13.0 Å². The first kappa shape index (κ1) is 12.1. The van der Waals surface area contributed by atoms with Crippen molar-refractivity contribution in [3.8, 4) is 5.75 Å². The molecule has 92 valence electrons. The van der Waals surface area contributed by atoms with Gasteiger partial charge in [0.05, 0.1) is 25.9 Å². The number of hydrogen-bond acceptors (Lipinski definition) is 4. The summed E-state index contributed by atoms with van der Waals surface area (Å²) in [5, 5.41) is 3.15. The Morgan fingerprint density at radius 2 is 2.24 bits per heavy atom. The molecule has 0 radical (unpaired) electrons. The number of hydrogen-bond donors (Lipinski definition) is 1. The fourth-order valence-electron chi connectivity index (χ4n) is 1.82. The van der Waals surface area contributed by atoms with Gasteiger partial charge in [0.25, 0.3) is 0 Å². The van der Waals surface area contributed by atoms with Gasteiger partial charge in [-0.2, -0.15) is 0 Å². The highest BCUT2D eigenvalue weighted by Crippen LogP contribution is 2.14. The minimum absolute atomic E-state index is 0.0766. The summed E-state index contributed by atoms with van der Waals surface area (Å²) in [6, 6.07) is 7.01. The highest BCUT2D eigenvalue weighted by Gasteiger charge is 2.22. The van der Waals surface area contributed by atoms with Gasteiger partial charge in [0.2, 0.25) is 0 Å². The molecular weight excluding hydrogens is 218 g/mol. The second-order valence-electron chi connectivity index (χ2n) is 3.90. The molecule has 1 fully saturated rings. The van der Waals surface area contributed by atoms with E-state index in [4.69, 9.17) is 9.47 Å². The molecule has 1 aliphatic rings. The zero-order valence-electron chi connectivity index (χ0n) is 9.94. The lowest BCUT2D eigenvalue weighted by Crippen LogP contribution is -2.46. The van der Waals surface area contributed by atoms with E-state index in [0.717, 1.165) is 12.3 Å². The van der Waals surface area contributed by atoms with Crippen LogP contribution in [-0.2, 0) is 4.74 Å². The number of ether oxygens (including phenoxy) is 2. The molecule has 0 aromatic heterocycles. The molecular formula is C13H17NO3. The van der Waals surface area contributed by atoms with Crippen LogP contribution in [0.1, 0.15) is 17.3 Å². The number of rotatable bonds is 4. The van der Waals surface area contributed by atoms with Gasteiger partial charge in [-0.25, -0.2) is 0 Å². The predicted molar refractivity (Wildman–Crippen MR) is 64.6 cm³/mol. The number of carbonyl (C=O) groups excluding carboxylic acids is 1. The van der Waals surface area contributed by atoms with Crippen molar-refractivity contribution in [3.05, 3.63) is 29.8 Å². The summed E-state index contributed by atoms with van der Waals surface area (Å²) >= 11 is 0. The molecule has 1 unspecified atom stereocenters. The molecule has 4 heteroatoms. The van der Waals surface area contributed by atoms with Gasteiger partial charge in [-0.05, 0) is 31.2 Å². The molecule has 1 aromatic carbocycles. The van der Waals surface area contributed by atoms with Crippen molar-refractivity contribution in [1.29, 1.82) is 0 Å². The minimum Gasteiger partial charge on any atom is -0.494 e. The maximum atomic E-state index is 12.1. The maximum absolute atomic E-state index is 12.1. The number of ketones is 1. The molecule has 1 heterocycles. The highest BCUT2D eigenvalue weighted by atomic mass is 16.5. The van der Waals surface area contributed by atoms with E-state index >= 15 is 0 Å². The number of Topliss-reactive ketones (excluding diaryl/α,β-unsaturated/α-hetero) is 1. The summed E-state index contributed by atoms with van der Waals surface area (Å²) in [7, 11) is 0. The largest absolute Gasteiger partial charge is 0.494 e. The van der Waals surface area contributed by atoms with Gasteiger partial charge in [0.1, 0.15) is 5.75 Å². The minimum atomic E-state index is -0.221. The fraction of sp³-hybridized carbons (Fsp3) is 0.462. The van der Waals surface area contributed by atoms with Crippen molar-refractivity contribution in [2.75, 3.05) is 26.4 Å². The quantitative estimate of drug-likeness (QED) is 0.798. The van der Waals surface area contributed by atoms with E-state index in [1.165, 1.54) is 0 Å². The van der Waals surface area contributed by atoms with E-state index in [1.54, 1.807) is 12.1 Å². The lowest BCUT2D eigenvalue weighted by molar-refractivity contribution is 0.0607. The molecule has 0 bridgehead atoms. The monoisotopic (exact) mass is 235 g/mol. The molecule has 4 nitrogen and oxygen atoms in total. The van der Waals surface area contributed by atoms with Gasteiger partial charge in [-0.1, -0.05) is 0 Å². The summed E-state index contributed by atoms with van der Waals surface area (Å²) in [5.74, 6) is 0.865. The molecule has 1 atom stereocenters. The first-order valence-corrected chi connectivity index (χ1v) is 5.89. The van der Waals surface area contributed by atoms with Crippen LogP contribution in [0.25, 0.3) is 0 Å². The van der Waals surface area contributed by atoms with Crippen molar-refractivity contribution in [1.82, 2.24) is 5.32 Å². The summed E-state index contributed by atoms with van der Waals surface area (Å²) in [6.45, 7) is 4.42. The van der Waals surface area contributed by atoms with Crippen molar-refractivity contribution < 1.29 is 14.3 Å². The van der Waals surface area contributed by atoms with Crippen LogP contribution in [0.5, 0.6) is 5.75 Å². The summed E-state index contributed by atoms with van der Waals surface area (Å²) in [5.41, 5.74) is 0.691. The Morgan fingerprint density at radius 3 is 2.82 bits per heavy atom. The van der Waals surface area contributed by atoms with E-state index in [1.807, 2.05) is 19.1 Å². The van der Waals surface area contributed by atoms with Crippen LogP contribution in [0.4, 0.5) is 0 Å². The summed E-state index contributed by atoms with van der Waals surface area (Å²) in [6.07, 6.45) is 0. The third kappa shape index (κ3) is 3.05. The van der Waals surface area contributed by atoms with Gasteiger partial charge in [0.15, 0.2) is 5.78 Å². The Kier molecular flexibility index (Phi) is 4.12. The number of benzene rings is 1. The predicted octanol–water partition coefficient (Wildman–Crippen LogP) is 1.26. The normalized spacial score (nSPS) is 19.9. The Bertz CT molecular complexity index is 369. The second-order valence-corrected chi connectivity index (χ2v) is 3.90. The molecule has 0 saturated carbocycles. The zero-order valence-corrected chi connectivity index (χ0v) is 9.94. The van der Waals surface area contributed by atoms with Crippen LogP contribution >= 0.6 is 0 Å². The van der Waals surface area contributed by atoms with Gasteiger partial charge in [-0.3, -0.25) is 4.79 Å². The molecule has 0 spiro atoms. The van der Waals surface area contributed by atoms with E-state index in [-0.39, 0.29) is 11.8 Å². The van der Waals surface area contributed by atoms with E-state index in [9.17, 15) is 4.79 Å². The van der Waals surface area contributed by atoms with E-state index in [0.29, 0.717) is 25.4 Å². The van der Waals surface area contributed by atoms with Gasteiger partial charge >= 0.3 is 0 Å². The van der Waals surface area contributed by atoms with Crippen molar-refractivity contribution in [3.63, 3.8) is 0 Å². The van der Waals surface area contributed by atoms with Gasteiger partial charge in [0, 0.05) is 12.1 Å². The SMILES string of the molecule is CCOc1ccc(C(=O)C2COCCN2)cc1. The molecule has 0 amide bonds. The molecule has 17 heavy (non-hydrogen) atoms. The smallest absolute Gasteiger partial charge is 0.182 e. The number of morpholine rings is 1. The van der Waals surface area contributed by atoms with Crippen molar-refractivity contribution in [2.24, 2.45) is 0 Å². The Morgan fingerprint density at radius 1 is 1.47 bits per heavy atom. The Labute approximate surface area is 101 Å². The second kappa shape index (κ2) is 5.80. The molecule has 1 N–H and O–H groups in total. The average molecular weight is 235 g/mol. The van der Waals surface area contributed by atoms with Crippen LogP contribution in [0, 0.1) is 0 Å². The maximum Gasteiger partial charge on any atom is 0.182 e. The lowest BCUT2D eigenvalue weighted by atomic mass is 10.0. The highest BCUT2D eigenvalue weighted by molar-refractivity contribution is 6.00. The van der Waals surface area contributed by atoms with E-state index < -0.39 is 0 Å². The topological polar surface area (TPSA) is 47.6 Å². The fourth-order valence-corrected chi connectivity index (χ4v) is 1.82. The lowest BCUT2D eigenvalue weighted by Gasteiger charge is -2.22. The van der Waals surface area contributed by atoms with E-state index in [2.05, 4.69) is 5.32 Å². The van der Waals surface area contributed by atoms with Crippen LogP contribution < -0.4 is 10.1 Å². The first-order valence-electron chi connectivity index (χ1n) is 5.89. The van der Waals surface area contributed by atoms with Crippen molar-refractivity contribution >= 4 is 5.78 Å². The Balaban J connectivity index is 2.03. The number of carbonyl (C=O) groups is 1. The molecule has 2 rings (SSSR count). The molecule has 1 aromatic rings. The first-order chi connectivity index (χ1) is 8.31. The average Bonchev–Trinajstić information content (AvgIpc) is 2.40. The summed E-state index contributed by atoms with van der Waals surface area (Å²) < 4.78 is 10.6. The standard InChI is InChI=1S/C13H17NO3/c1-2-17-11-5-3-10(4-6-11)13(15)12-9-16-8-7-14-12/h3-6,12,14H,2,7-9H2,1H3. The van der Waals surface area contributed by atoms with Crippen LogP contribution in [0.2, 0.25) is 0 Å². The van der Waals surface area contributed by atoms with Crippen LogP contribution in [0.3, 0.4) is 0 Å². The molecule has 0 aliphatic carbocycles. The molecule has 1 saturated heterocycles. The summed E-state index contributed by atoms with van der Waals surface area (Å²) in [4.78, 5) is 12.1. The van der Waals surface area contributed by atoms with Gasteiger partial charge < -0.3 is 14.8 Å². The van der Waals surface area contributed by atoms with Crippen LogP contribution in [-0.4, -0.2) is 38.2 Å². The number of nitrogens with one attached hydrogen (secondary N) is 1. The zero-order chi connectivity index (χ0) is 12.1. The third-order valence-electron chi connectivity index (χ3n) is 2.69. The van der Waals surface area contributed by atoms with Crippen LogP contribution in [0.15, 0.2) is 24.3 Å². The third-order valence-corrected chi connectivity index (χ3v) is 2.69. The Hall–Kier alpha value is -1.39.